The number of amides is 2. The number of benzene rings is 2. The highest BCUT2D eigenvalue weighted by molar-refractivity contribution is 5.93. The second-order valence-electron chi connectivity index (χ2n) is 5.76. The average Bonchev–Trinajstić information content (AvgIpc) is 2.61. The Kier molecular flexibility index (Phi) is 6.10. The number of carbonyl (C=O) groups excluding carboxylic acids is 2. The normalized spacial score (nSPS) is 11.5. The molecule has 0 heterocycles. The van der Waals surface area contributed by atoms with Gasteiger partial charge in [0.1, 0.15) is 11.5 Å². The van der Waals surface area contributed by atoms with Gasteiger partial charge in [-0.05, 0) is 48.4 Å². The molecule has 0 spiro atoms. The molecule has 0 aliphatic rings. The number of hydroxylamine groups is 1. The van der Waals surface area contributed by atoms with Gasteiger partial charge in [0.05, 0.1) is 6.04 Å². The van der Waals surface area contributed by atoms with Crippen LogP contribution < -0.4 is 16.0 Å². The zero-order valence-electron chi connectivity index (χ0n) is 14.1. The van der Waals surface area contributed by atoms with E-state index in [1.165, 1.54) is 17.0 Å². The number of nitrogens with one attached hydrogen (secondary N) is 1. The van der Waals surface area contributed by atoms with Crippen LogP contribution in [0.1, 0.15) is 15.9 Å². The third-order valence-electron chi connectivity index (χ3n) is 3.57. The number of hydrogen-bond donors (Lipinski definition) is 3. The number of rotatable bonds is 6. The van der Waals surface area contributed by atoms with Crippen molar-refractivity contribution in [1.29, 1.82) is 0 Å². The molecule has 7 nitrogen and oxygen atoms in total. The highest BCUT2D eigenvalue weighted by atomic mass is 16.5. The summed E-state index contributed by atoms with van der Waals surface area (Å²) < 4.78 is 5.75. The van der Waals surface area contributed by atoms with E-state index in [2.05, 4.69) is 0 Å². The molecule has 1 atom stereocenters. The monoisotopic (exact) mass is 343 g/mol. The Morgan fingerprint density at radius 3 is 2.44 bits per heavy atom. The van der Waals surface area contributed by atoms with E-state index in [1.54, 1.807) is 37.8 Å². The molecular weight excluding hydrogens is 322 g/mol. The number of nitrogens with two attached hydrogens (primary N) is 1. The van der Waals surface area contributed by atoms with Gasteiger partial charge in [0, 0.05) is 19.7 Å². The molecular formula is C18H21N3O4. The Balaban J connectivity index is 2.06. The fourth-order valence-corrected chi connectivity index (χ4v) is 2.28. The van der Waals surface area contributed by atoms with Gasteiger partial charge in [-0.15, -0.1) is 0 Å². The third-order valence-corrected chi connectivity index (χ3v) is 3.57. The first-order valence-corrected chi connectivity index (χ1v) is 7.68. The molecule has 0 aromatic heterocycles. The van der Waals surface area contributed by atoms with Crippen molar-refractivity contribution in [2.75, 3.05) is 14.1 Å². The minimum Gasteiger partial charge on any atom is -0.457 e. The molecule has 132 valence electrons. The molecule has 0 radical (unpaired) electrons. The van der Waals surface area contributed by atoms with Crippen LogP contribution in [0.5, 0.6) is 11.5 Å². The predicted molar refractivity (Wildman–Crippen MR) is 92.6 cm³/mol. The number of carbonyl (C=O) groups is 2. The maximum absolute atomic E-state index is 11.9. The standard InChI is InChI=1S/C18H21N3O4/c1-21(2)18(23)16(19)11-12-4-3-5-15(10-12)25-14-8-6-13(7-9-14)17(22)20-24/h3-10,16,24H,11,19H2,1-2H3,(H,20,22). The smallest absolute Gasteiger partial charge is 0.274 e. The molecule has 0 saturated carbocycles. The van der Waals surface area contributed by atoms with E-state index >= 15 is 0 Å². The molecule has 25 heavy (non-hydrogen) atoms. The molecule has 0 saturated heterocycles. The molecule has 1 unspecified atom stereocenters. The van der Waals surface area contributed by atoms with Gasteiger partial charge in [-0.3, -0.25) is 14.8 Å². The van der Waals surface area contributed by atoms with Crippen LogP contribution in [-0.4, -0.2) is 42.1 Å². The van der Waals surface area contributed by atoms with E-state index in [9.17, 15) is 9.59 Å². The lowest BCUT2D eigenvalue weighted by molar-refractivity contribution is -0.130. The third kappa shape index (κ3) is 5.03. The summed E-state index contributed by atoms with van der Waals surface area (Å²) in [6, 6.07) is 13.0. The molecule has 2 rings (SSSR count). The van der Waals surface area contributed by atoms with Crippen LogP contribution in [0.4, 0.5) is 0 Å². The molecule has 2 amide bonds. The topological polar surface area (TPSA) is 105 Å². The number of hydrogen-bond acceptors (Lipinski definition) is 5. The van der Waals surface area contributed by atoms with Crippen molar-refractivity contribution >= 4 is 11.8 Å². The molecule has 0 aliphatic carbocycles. The number of ether oxygens (including phenoxy) is 1. The quantitative estimate of drug-likeness (QED) is 0.545. The van der Waals surface area contributed by atoms with E-state index < -0.39 is 11.9 Å². The van der Waals surface area contributed by atoms with Gasteiger partial charge in [-0.2, -0.15) is 0 Å². The lowest BCUT2D eigenvalue weighted by Crippen LogP contribution is -2.41. The minimum absolute atomic E-state index is 0.135. The van der Waals surface area contributed by atoms with Crippen LogP contribution in [0.25, 0.3) is 0 Å². The Bertz CT molecular complexity index is 744. The molecule has 0 bridgehead atoms. The zero-order chi connectivity index (χ0) is 18.4. The lowest BCUT2D eigenvalue weighted by Gasteiger charge is -2.17. The largest absolute Gasteiger partial charge is 0.457 e. The lowest BCUT2D eigenvalue weighted by atomic mass is 10.1. The SMILES string of the molecule is CN(C)C(=O)C(N)Cc1cccc(Oc2ccc(C(=O)NO)cc2)c1. The van der Waals surface area contributed by atoms with Crippen molar-refractivity contribution in [2.45, 2.75) is 12.5 Å². The highest BCUT2D eigenvalue weighted by Crippen LogP contribution is 2.23. The van der Waals surface area contributed by atoms with Crippen LogP contribution in [0.3, 0.4) is 0 Å². The second-order valence-corrected chi connectivity index (χ2v) is 5.76. The fourth-order valence-electron chi connectivity index (χ4n) is 2.28. The van der Waals surface area contributed by atoms with Crippen LogP contribution in [-0.2, 0) is 11.2 Å². The van der Waals surface area contributed by atoms with Crippen molar-refractivity contribution in [3.63, 3.8) is 0 Å². The van der Waals surface area contributed by atoms with Crippen molar-refractivity contribution in [3.8, 4) is 11.5 Å². The highest BCUT2D eigenvalue weighted by Gasteiger charge is 2.16. The maximum atomic E-state index is 11.9. The molecule has 2 aromatic rings. The summed E-state index contributed by atoms with van der Waals surface area (Å²) >= 11 is 0. The van der Waals surface area contributed by atoms with Crippen molar-refractivity contribution in [3.05, 3.63) is 59.7 Å². The summed E-state index contributed by atoms with van der Waals surface area (Å²) in [6.07, 6.45) is 0.407. The predicted octanol–water partition coefficient (Wildman–Crippen LogP) is 1.56. The molecule has 2 aromatic carbocycles. The van der Waals surface area contributed by atoms with Crippen molar-refractivity contribution < 1.29 is 19.5 Å². The summed E-state index contributed by atoms with van der Waals surface area (Å²) in [5.74, 6) is 0.416. The Hall–Kier alpha value is -2.90. The van der Waals surface area contributed by atoms with Crippen LogP contribution in [0.2, 0.25) is 0 Å². The Morgan fingerprint density at radius 2 is 1.84 bits per heavy atom. The van der Waals surface area contributed by atoms with E-state index in [0.29, 0.717) is 23.5 Å². The van der Waals surface area contributed by atoms with Crippen molar-refractivity contribution in [1.82, 2.24) is 10.4 Å². The zero-order valence-corrected chi connectivity index (χ0v) is 14.1. The van der Waals surface area contributed by atoms with Crippen LogP contribution in [0, 0.1) is 0 Å². The van der Waals surface area contributed by atoms with E-state index in [-0.39, 0.29) is 5.91 Å². The van der Waals surface area contributed by atoms with Gasteiger partial charge in [-0.1, -0.05) is 12.1 Å². The van der Waals surface area contributed by atoms with Gasteiger partial charge >= 0.3 is 0 Å². The van der Waals surface area contributed by atoms with E-state index in [0.717, 1.165) is 5.56 Å². The summed E-state index contributed by atoms with van der Waals surface area (Å²) in [4.78, 5) is 24.6. The summed E-state index contributed by atoms with van der Waals surface area (Å²) in [5.41, 5.74) is 8.69. The maximum Gasteiger partial charge on any atom is 0.274 e. The first-order valence-electron chi connectivity index (χ1n) is 7.68. The van der Waals surface area contributed by atoms with Gasteiger partial charge in [0.25, 0.3) is 5.91 Å². The summed E-state index contributed by atoms with van der Waals surface area (Å²) in [6.45, 7) is 0. The van der Waals surface area contributed by atoms with Gasteiger partial charge in [0.2, 0.25) is 5.91 Å². The number of nitrogens with zero attached hydrogens (tertiary/aromatic N) is 1. The molecule has 0 fully saturated rings. The van der Waals surface area contributed by atoms with E-state index in [1.807, 2.05) is 18.2 Å². The van der Waals surface area contributed by atoms with E-state index in [4.69, 9.17) is 15.7 Å². The molecule has 0 aliphatic heterocycles. The first-order chi connectivity index (χ1) is 11.9. The van der Waals surface area contributed by atoms with Crippen LogP contribution >= 0.6 is 0 Å². The minimum atomic E-state index is -0.610. The first kappa shape index (κ1) is 18.4. The molecule has 7 heteroatoms. The van der Waals surface area contributed by atoms with Gasteiger partial charge in [-0.25, -0.2) is 5.48 Å². The molecule has 4 N–H and O–H groups in total. The van der Waals surface area contributed by atoms with Gasteiger partial charge in [0.15, 0.2) is 0 Å². The van der Waals surface area contributed by atoms with Crippen molar-refractivity contribution in [2.24, 2.45) is 5.73 Å². The Labute approximate surface area is 146 Å². The average molecular weight is 343 g/mol. The summed E-state index contributed by atoms with van der Waals surface area (Å²) in [5, 5.41) is 8.60. The Morgan fingerprint density at radius 1 is 1.16 bits per heavy atom. The fraction of sp³-hybridized carbons (Fsp3) is 0.222. The second kappa shape index (κ2) is 8.27. The number of likely N-dealkylation sites (N-methyl/N-ethyl adjacent to an activating group) is 1. The van der Waals surface area contributed by atoms with Crippen LogP contribution in [0.15, 0.2) is 48.5 Å². The van der Waals surface area contributed by atoms with Gasteiger partial charge < -0.3 is 15.4 Å². The summed E-state index contributed by atoms with van der Waals surface area (Å²) in [7, 11) is 3.34.